The number of benzene rings is 2. The molecule has 0 saturated carbocycles. The van der Waals surface area contributed by atoms with Crippen molar-refractivity contribution in [2.75, 3.05) is 6.54 Å². The van der Waals surface area contributed by atoms with E-state index >= 15 is 0 Å². The van der Waals surface area contributed by atoms with Crippen LogP contribution in [0.25, 0.3) is 33.4 Å². The van der Waals surface area contributed by atoms with Gasteiger partial charge in [0.15, 0.2) is 5.65 Å². The van der Waals surface area contributed by atoms with E-state index in [1.165, 1.54) is 0 Å². The fourth-order valence-corrected chi connectivity index (χ4v) is 4.72. The fraction of sp³-hybridized carbons (Fsp3) is 0.148. The average molecular weight is 450 g/mol. The molecule has 6 rings (SSSR count). The fourth-order valence-electron chi connectivity index (χ4n) is 4.72. The number of phenolic OH excluding ortho intramolecular Hbond substituents is 1. The second kappa shape index (κ2) is 7.88. The summed E-state index contributed by atoms with van der Waals surface area (Å²) in [4.78, 5) is 19.8. The number of nitrogens with one attached hydrogen (secondary N) is 1. The molecule has 0 spiro atoms. The number of phenols is 1. The summed E-state index contributed by atoms with van der Waals surface area (Å²) in [6.07, 6.45) is 3.84. The molecule has 0 saturated heterocycles. The van der Waals surface area contributed by atoms with E-state index in [0.717, 1.165) is 33.3 Å². The van der Waals surface area contributed by atoms with E-state index in [4.69, 9.17) is 0 Å². The first kappa shape index (κ1) is 20.2. The number of aromatic hydroxyl groups is 1. The SMILES string of the molecule is CC(c1cccc(O)c1)N1CCn2cc(-c3[nH]nc4ncc(-c5ccccc5)cc34)cc2C1=O. The van der Waals surface area contributed by atoms with Crippen LogP contribution >= 0.6 is 0 Å². The summed E-state index contributed by atoms with van der Waals surface area (Å²) in [5, 5.41) is 18.3. The van der Waals surface area contributed by atoms with Crippen LogP contribution in [0.5, 0.6) is 5.75 Å². The highest BCUT2D eigenvalue weighted by Crippen LogP contribution is 2.33. The lowest BCUT2D eigenvalue weighted by Crippen LogP contribution is -2.41. The minimum absolute atomic E-state index is 0.0275. The molecule has 34 heavy (non-hydrogen) atoms. The minimum Gasteiger partial charge on any atom is -0.508 e. The summed E-state index contributed by atoms with van der Waals surface area (Å²) in [6, 6.07) is 21.1. The first-order valence-electron chi connectivity index (χ1n) is 11.3. The molecule has 0 fully saturated rings. The predicted molar refractivity (Wildman–Crippen MR) is 130 cm³/mol. The van der Waals surface area contributed by atoms with Crippen LogP contribution in [0.2, 0.25) is 0 Å². The number of fused-ring (bicyclic) bond motifs is 2. The van der Waals surface area contributed by atoms with Gasteiger partial charge in [0, 0.05) is 42.0 Å². The lowest BCUT2D eigenvalue weighted by atomic mass is 10.0. The van der Waals surface area contributed by atoms with Gasteiger partial charge in [-0.25, -0.2) is 4.98 Å². The van der Waals surface area contributed by atoms with Crippen LogP contribution in [0.15, 0.2) is 79.1 Å². The number of hydrogen-bond acceptors (Lipinski definition) is 4. The first-order chi connectivity index (χ1) is 16.6. The van der Waals surface area contributed by atoms with Crippen LogP contribution in [-0.4, -0.2) is 42.2 Å². The Hall–Kier alpha value is -4.39. The van der Waals surface area contributed by atoms with Crippen LogP contribution in [0, 0.1) is 0 Å². The summed E-state index contributed by atoms with van der Waals surface area (Å²) >= 11 is 0. The molecule has 7 heteroatoms. The quantitative estimate of drug-likeness (QED) is 0.404. The Labute approximate surface area is 196 Å². The summed E-state index contributed by atoms with van der Waals surface area (Å²) < 4.78 is 2.00. The maximum absolute atomic E-state index is 13.4. The van der Waals surface area contributed by atoms with Gasteiger partial charge in [0.25, 0.3) is 5.91 Å². The normalized spacial score (nSPS) is 14.4. The van der Waals surface area contributed by atoms with Gasteiger partial charge < -0.3 is 14.6 Å². The number of pyridine rings is 1. The number of nitrogens with zero attached hydrogens (tertiary/aromatic N) is 4. The number of aromatic nitrogens is 4. The second-order valence-electron chi connectivity index (χ2n) is 8.64. The molecular weight excluding hydrogens is 426 g/mol. The van der Waals surface area contributed by atoms with E-state index in [-0.39, 0.29) is 17.7 Å². The van der Waals surface area contributed by atoms with Crippen molar-refractivity contribution in [2.24, 2.45) is 0 Å². The Morgan fingerprint density at radius 3 is 2.65 bits per heavy atom. The molecule has 2 aromatic carbocycles. The van der Waals surface area contributed by atoms with Crippen molar-refractivity contribution < 1.29 is 9.90 Å². The molecule has 1 aliphatic heterocycles. The van der Waals surface area contributed by atoms with Gasteiger partial charge in [-0.2, -0.15) is 5.10 Å². The van der Waals surface area contributed by atoms with Crippen LogP contribution in [0.1, 0.15) is 29.0 Å². The summed E-state index contributed by atoms with van der Waals surface area (Å²) in [6.45, 7) is 3.29. The number of carbonyl (C=O) groups is 1. The molecule has 4 heterocycles. The van der Waals surface area contributed by atoms with E-state index in [0.29, 0.717) is 24.4 Å². The van der Waals surface area contributed by atoms with E-state index in [1.807, 2.05) is 59.1 Å². The van der Waals surface area contributed by atoms with Crippen LogP contribution in [0.4, 0.5) is 0 Å². The average Bonchev–Trinajstić information content (AvgIpc) is 3.48. The Kier molecular flexibility index (Phi) is 4.69. The van der Waals surface area contributed by atoms with Gasteiger partial charge in [-0.1, -0.05) is 42.5 Å². The topological polar surface area (TPSA) is 87.0 Å². The minimum atomic E-state index is -0.141. The van der Waals surface area contributed by atoms with Gasteiger partial charge in [0.1, 0.15) is 11.4 Å². The molecule has 2 N–H and O–H groups in total. The molecular formula is C27H23N5O2. The van der Waals surface area contributed by atoms with Gasteiger partial charge in [-0.3, -0.25) is 9.89 Å². The molecule has 0 bridgehead atoms. The van der Waals surface area contributed by atoms with E-state index < -0.39 is 0 Å². The second-order valence-corrected chi connectivity index (χ2v) is 8.64. The molecule has 0 radical (unpaired) electrons. The maximum atomic E-state index is 13.4. The zero-order valence-electron chi connectivity index (χ0n) is 18.6. The van der Waals surface area contributed by atoms with Crippen molar-refractivity contribution in [3.05, 3.63) is 90.4 Å². The Morgan fingerprint density at radius 2 is 1.82 bits per heavy atom. The highest BCUT2D eigenvalue weighted by Gasteiger charge is 2.30. The first-order valence-corrected chi connectivity index (χ1v) is 11.3. The highest BCUT2D eigenvalue weighted by molar-refractivity contribution is 5.98. The third-order valence-electron chi connectivity index (χ3n) is 6.58. The third-order valence-corrected chi connectivity index (χ3v) is 6.58. The monoisotopic (exact) mass is 449 g/mol. The zero-order chi connectivity index (χ0) is 23.2. The van der Waals surface area contributed by atoms with Gasteiger partial charge in [0.05, 0.1) is 11.7 Å². The summed E-state index contributed by atoms with van der Waals surface area (Å²) in [5.74, 6) is 0.175. The molecule has 3 aromatic heterocycles. The van der Waals surface area contributed by atoms with Crippen molar-refractivity contribution in [3.63, 3.8) is 0 Å². The van der Waals surface area contributed by atoms with Gasteiger partial charge in [-0.15, -0.1) is 0 Å². The molecule has 7 nitrogen and oxygen atoms in total. The zero-order valence-corrected chi connectivity index (χ0v) is 18.6. The molecule has 168 valence electrons. The lowest BCUT2D eigenvalue weighted by molar-refractivity contribution is 0.0632. The highest BCUT2D eigenvalue weighted by atomic mass is 16.3. The maximum Gasteiger partial charge on any atom is 0.271 e. The van der Waals surface area contributed by atoms with Crippen LogP contribution < -0.4 is 0 Å². The molecule has 0 aliphatic carbocycles. The standard InChI is InChI=1S/C27H23N5O2/c1-17(19-8-5-9-22(33)12-19)32-11-10-31-16-21(14-24(31)27(32)34)25-23-13-20(15-28-26(23)30-29-25)18-6-3-2-4-7-18/h2-9,12-17,33H,10-11H2,1H3,(H,28,29,30). The molecule has 1 amide bonds. The Bertz CT molecular complexity index is 1520. The number of carbonyl (C=O) groups excluding carboxylic acids is 1. The van der Waals surface area contributed by atoms with Gasteiger partial charge in [0.2, 0.25) is 0 Å². The molecule has 5 aromatic rings. The molecule has 1 aliphatic rings. The van der Waals surface area contributed by atoms with Crippen LogP contribution in [-0.2, 0) is 6.54 Å². The number of rotatable bonds is 4. The van der Waals surface area contributed by atoms with E-state index in [1.54, 1.807) is 18.2 Å². The van der Waals surface area contributed by atoms with Crippen molar-refractivity contribution in [1.29, 1.82) is 0 Å². The number of amides is 1. The third kappa shape index (κ3) is 3.33. The summed E-state index contributed by atoms with van der Waals surface area (Å²) in [7, 11) is 0. The van der Waals surface area contributed by atoms with E-state index in [9.17, 15) is 9.90 Å². The molecule has 1 atom stereocenters. The Balaban J connectivity index is 1.35. The lowest BCUT2D eigenvalue weighted by Gasteiger charge is -2.33. The van der Waals surface area contributed by atoms with Crippen molar-refractivity contribution in [1.82, 2.24) is 24.6 Å². The van der Waals surface area contributed by atoms with Gasteiger partial charge in [-0.05, 0) is 42.3 Å². The predicted octanol–water partition coefficient (Wildman–Crippen LogP) is 5.02. The number of H-pyrrole nitrogens is 1. The smallest absolute Gasteiger partial charge is 0.271 e. The Morgan fingerprint density at radius 1 is 0.971 bits per heavy atom. The number of hydrogen-bond donors (Lipinski definition) is 2. The van der Waals surface area contributed by atoms with Crippen LogP contribution in [0.3, 0.4) is 0 Å². The summed E-state index contributed by atoms with van der Waals surface area (Å²) in [5.41, 5.74) is 6.06. The van der Waals surface area contributed by atoms with E-state index in [2.05, 4.69) is 33.4 Å². The largest absolute Gasteiger partial charge is 0.508 e. The van der Waals surface area contributed by atoms with Crippen molar-refractivity contribution in [3.8, 4) is 28.1 Å². The van der Waals surface area contributed by atoms with Gasteiger partial charge >= 0.3 is 0 Å². The van der Waals surface area contributed by atoms with Crippen molar-refractivity contribution >= 4 is 16.9 Å². The van der Waals surface area contributed by atoms with Crippen molar-refractivity contribution in [2.45, 2.75) is 19.5 Å². The molecule has 1 unspecified atom stereocenters. The number of aromatic amines is 1.